The number of amides is 1. The highest BCUT2D eigenvalue weighted by molar-refractivity contribution is 6.32. The van der Waals surface area contributed by atoms with Crippen LogP contribution in [-0.4, -0.2) is 43.1 Å². The Kier molecular flexibility index (Phi) is 3.94. The maximum absolute atomic E-state index is 11.7. The van der Waals surface area contributed by atoms with Gasteiger partial charge in [-0.25, -0.2) is 4.79 Å². The minimum Gasteiger partial charge on any atom is -0.454 e. The average molecular weight is 249 g/mol. The quantitative estimate of drug-likeness (QED) is 0.581. The second-order valence-electron chi connectivity index (χ2n) is 4.17. The van der Waals surface area contributed by atoms with Crippen molar-refractivity contribution in [2.45, 2.75) is 12.6 Å². The van der Waals surface area contributed by atoms with Crippen LogP contribution < -0.4 is 0 Å². The van der Waals surface area contributed by atoms with E-state index in [0.717, 1.165) is 5.56 Å². The fraction of sp³-hybridized carbons (Fsp3) is 0.385. The lowest BCUT2D eigenvalue weighted by Gasteiger charge is -2.33. The SMILES string of the molecule is CN(C(=O)C(=O)OCc1ccccc1)C1COC1. The topological polar surface area (TPSA) is 55.8 Å². The number of ether oxygens (including phenoxy) is 2. The molecule has 0 radical (unpaired) electrons. The fourth-order valence-corrected chi connectivity index (χ4v) is 1.54. The van der Waals surface area contributed by atoms with E-state index in [4.69, 9.17) is 9.47 Å². The molecular formula is C13H15NO4. The van der Waals surface area contributed by atoms with Crippen molar-refractivity contribution in [1.29, 1.82) is 0 Å². The second-order valence-corrected chi connectivity index (χ2v) is 4.17. The number of nitrogens with zero attached hydrogens (tertiary/aromatic N) is 1. The highest BCUT2D eigenvalue weighted by Gasteiger charge is 2.31. The van der Waals surface area contributed by atoms with Gasteiger partial charge in [-0.1, -0.05) is 30.3 Å². The first-order chi connectivity index (χ1) is 8.68. The summed E-state index contributed by atoms with van der Waals surface area (Å²) in [7, 11) is 1.58. The van der Waals surface area contributed by atoms with Crippen LogP contribution in [0.2, 0.25) is 0 Å². The summed E-state index contributed by atoms with van der Waals surface area (Å²) in [6, 6.07) is 9.23. The van der Waals surface area contributed by atoms with E-state index in [0.29, 0.717) is 13.2 Å². The number of likely N-dealkylation sites (N-methyl/N-ethyl adjacent to an activating group) is 1. The second kappa shape index (κ2) is 5.64. The Morgan fingerprint density at radius 1 is 1.33 bits per heavy atom. The van der Waals surface area contributed by atoms with E-state index in [1.54, 1.807) is 7.05 Å². The number of esters is 1. The molecule has 0 atom stereocenters. The minimum absolute atomic E-state index is 0.0122. The van der Waals surface area contributed by atoms with Crippen LogP contribution in [0, 0.1) is 0 Å². The van der Waals surface area contributed by atoms with E-state index in [2.05, 4.69) is 0 Å². The van der Waals surface area contributed by atoms with Crippen LogP contribution >= 0.6 is 0 Å². The molecule has 2 rings (SSSR count). The van der Waals surface area contributed by atoms with Gasteiger partial charge in [-0.2, -0.15) is 0 Å². The molecule has 1 amide bonds. The van der Waals surface area contributed by atoms with Gasteiger partial charge in [0.1, 0.15) is 6.61 Å². The lowest BCUT2D eigenvalue weighted by molar-refractivity contribution is -0.165. The molecule has 96 valence electrons. The fourth-order valence-electron chi connectivity index (χ4n) is 1.54. The number of carbonyl (C=O) groups excluding carboxylic acids is 2. The molecule has 1 aromatic carbocycles. The number of carbonyl (C=O) groups is 2. The van der Waals surface area contributed by atoms with E-state index in [1.807, 2.05) is 30.3 Å². The zero-order valence-electron chi connectivity index (χ0n) is 10.2. The number of benzene rings is 1. The van der Waals surface area contributed by atoms with Crippen molar-refractivity contribution in [2.24, 2.45) is 0 Å². The molecule has 1 heterocycles. The third kappa shape index (κ3) is 2.87. The molecule has 0 bridgehead atoms. The first-order valence-electron chi connectivity index (χ1n) is 5.74. The highest BCUT2D eigenvalue weighted by atomic mass is 16.5. The van der Waals surface area contributed by atoms with E-state index < -0.39 is 11.9 Å². The zero-order chi connectivity index (χ0) is 13.0. The Balaban J connectivity index is 1.82. The van der Waals surface area contributed by atoms with Crippen LogP contribution in [0.3, 0.4) is 0 Å². The van der Waals surface area contributed by atoms with Gasteiger partial charge in [0.15, 0.2) is 0 Å². The van der Waals surface area contributed by atoms with Crippen LogP contribution in [0.5, 0.6) is 0 Å². The molecule has 0 N–H and O–H groups in total. The Bertz CT molecular complexity index is 428. The predicted molar refractivity (Wildman–Crippen MR) is 63.6 cm³/mol. The molecule has 0 aromatic heterocycles. The summed E-state index contributed by atoms with van der Waals surface area (Å²) in [6.07, 6.45) is 0. The summed E-state index contributed by atoms with van der Waals surface area (Å²) >= 11 is 0. The highest BCUT2D eigenvalue weighted by Crippen LogP contribution is 2.09. The van der Waals surface area contributed by atoms with Crippen molar-refractivity contribution < 1.29 is 19.1 Å². The van der Waals surface area contributed by atoms with Crippen molar-refractivity contribution in [1.82, 2.24) is 4.90 Å². The monoisotopic (exact) mass is 249 g/mol. The lowest BCUT2D eigenvalue weighted by Crippen LogP contribution is -2.51. The normalized spacial score (nSPS) is 14.7. The molecule has 0 aliphatic carbocycles. The Morgan fingerprint density at radius 3 is 2.56 bits per heavy atom. The summed E-state index contributed by atoms with van der Waals surface area (Å²) in [6.45, 7) is 1.07. The van der Waals surface area contributed by atoms with Gasteiger partial charge in [-0.3, -0.25) is 4.79 Å². The molecule has 5 nitrogen and oxygen atoms in total. The molecule has 5 heteroatoms. The minimum atomic E-state index is -0.826. The summed E-state index contributed by atoms with van der Waals surface area (Å²) in [4.78, 5) is 24.6. The van der Waals surface area contributed by atoms with Crippen LogP contribution in [0.4, 0.5) is 0 Å². The van der Waals surface area contributed by atoms with Gasteiger partial charge in [0.2, 0.25) is 0 Å². The molecular weight excluding hydrogens is 234 g/mol. The van der Waals surface area contributed by atoms with Crippen molar-refractivity contribution in [3.05, 3.63) is 35.9 Å². The largest absolute Gasteiger partial charge is 0.454 e. The first-order valence-corrected chi connectivity index (χ1v) is 5.74. The van der Waals surface area contributed by atoms with Gasteiger partial charge < -0.3 is 14.4 Å². The van der Waals surface area contributed by atoms with E-state index in [1.165, 1.54) is 4.90 Å². The van der Waals surface area contributed by atoms with Gasteiger partial charge in [0.25, 0.3) is 0 Å². The van der Waals surface area contributed by atoms with Crippen LogP contribution in [0.15, 0.2) is 30.3 Å². The summed E-state index contributed by atoms with van der Waals surface area (Å²) < 4.78 is 9.93. The zero-order valence-corrected chi connectivity index (χ0v) is 10.2. The molecule has 1 saturated heterocycles. The number of hydrogen-bond donors (Lipinski definition) is 0. The molecule has 0 saturated carbocycles. The molecule has 1 fully saturated rings. The van der Waals surface area contributed by atoms with Gasteiger partial charge in [-0.05, 0) is 5.56 Å². The predicted octanol–water partition coefficient (Wildman–Crippen LogP) is 0.587. The molecule has 18 heavy (non-hydrogen) atoms. The van der Waals surface area contributed by atoms with Gasteiger partial charge in [0.05, 0.1) is 19.3 Å². The third-order valence-electron chi connectivity index (χ3n) is 2.88. The standard InChI is InChI=1S/C13H15NO4/c1-14(11-8-17-9-11)12(15)13(16)18-7-10-5-3-2-4-6-10/h2-6,11H,7-9H2,1H3. The molecule has 0 unspecified atom stereocenters. The first kappa shape index (κ1) is 12.6. The Labute approximate surface area is 105 Å². The Morgan fingerprint density at radius 2 is 2.00 bits per heavy atom. The van der Waals surface area contributed by atoms with Crippen LogP contribution in [-0.2, 0) is 25.7 Å². The van der Waals surface area contributed by atoms with Crippen LogP contribution in [0.25, 0.3) is 0 Å². The van der Waals surface area contributed by atoms with E-state index in [9.17, 15) is 9.59 Å². The van der Waals surface area contributed by atoms with E-state index in [-0.39, 0.29) is 12.6 Å². The number of hydrogen-bond acceptors (Lipinski definition) is 4. The maximum atomic E-state index is 11.7. The summed E-state index contributed by atoms with van der Waals surface area (Å²) in [5.74, 6) is -1.45. The molecule has 1 aromatic rings. The molecule has 0 spiro atoms. The summed E-state index contributed by atoms with van der Waals surface area (Å²) in [5.41, 5.74) is 0.855. The van der Waals surface area contributed by atoms with Crippen LogP contribution in [0.1, 0.15) is 5.56 Å². The molecule has 1 aliphatic rings. The maximum Gasteiger partial charge on any atom is 0.397 e. The van der Waals surface area contributed by atoms with Gasteiger partial charge in [0, 0.05) is 7.05 Å². The van der Waals surface area contributed by atoms with Crippen molar-refractivity contribution >= 4 is 11.9 Å². The van der Waals surface area contributed by atoms with Crippen molar-refractivity contribution in [3.8, 4) is 0 Å². The lowest BCUT2D eigenvalue weighted by atomic mass is 10.2. The number of rotatable bonds is 3. The van der Waals surface area contributed by atoms with Gasteiger partial charge >= 0.3 is 11.9 Å². The average Bonchev–Trinajstić information content (AvgIpc) is 2.34. The van der Waals surface area contributed by atoms with Crippen molar-refractivity contribution in [2.75, 3.05) is 20.3 Å². The Hall–Kier alpha value is -1.88. The third-order valence-corrected chi connectivity index (χ3v) is 2.88. The van der Waals surface area contributed by atoms with E-state index >= 15 is 0 Å². The summed E-state index contributed by atoms with van der Waals surface area (Å²) in [5, 5.41) is 0. The van der Waals surface area contributed by atoms with Gasteiger partial charge in [-0.15, -0.1) is 0 Å². The molecule has 1 aliphatic heterocycles. The smallest absolute Gasteiger partial charge is 0.397 e. The van der Waals surface area contributed by atoms with Crippen molar-refractivity contribution in [3.63, 3.8) is 0 Å².